The van der Waals surface area contributed by atoms with Gasteiger partial charge in [0.25, 0.3) is 5.24 Å². The van der Waals surface area contributed by atoms with Crippen molar-refractivity contribution in [1.82, 2.24) is 9.80 Å². The summed E-state index contributed by atoms with van der Waals surface area (Å²) in [5, 5.41) is 0.191. The van der Waals surface area contributed by atoms with Crippen LogP contribution in [0.25, 0.3) is 0 Å². The molecule has 0 aliphatic carbocycles. The molecule has 0 aromatic heterocycles. The number of hydrogen-bond acceptors (Lipinski definition) is 7. The lowest BCUT2D eigenvalue weighted by Gasteiger charge is -2.22. The van der Waals surface area contributed by atoms with Crippen LogP contribution in [0.4, 0.5) is 4.79 Å². The second kappa shape index (κ2) is 38.2. The van der Waals surface area contributed by atoms with Gasteiger partial charge in [-0.1, -0.05) is 141 Å². The van der Waals surface area contributed by atoms with Crippen LogP contribution in [0, 0.1) is 0 Å². The van der Waals surface area contributed by atoms with Crippen LogP contribution in [0.2, 0.25) is 0 Å². The van der Waals surface area contributed by atoms with Crippen molar-refractivity contribution in [3.63, 3.8) is 0 Å². The molecule has 0 N–H and O–H groups in total. The van der Waals surface area contributed by atoms with Gasteiger partial charge >= 0.3 is 11.9 Å². The lowest BCUT2D eigenvalue weighted by molar-refractivity contribution is -0.150. The van der Waals surface area contributed by atoms with Crippen molar-refractivity contribution in [3.8, 4) is 0 Å². The highest BCUT2D eigenvalue weighted by Crippen LogP contribution is 2.18. The first-order valence-corrected chi connectivity index (χ1v) is 22.4. The van der Waals surface area contributed by atoms with E-state index < -0.39 is 0 Å². The Morgan fingerprint density at radius 2 is 1.06 bits per heavy atom. The number of thioether (sulfide) groups is 1. The molecule has 0 spiro atoms. The Hall–Kier alpha value is -1.54. The number of amides is 1. The summed E-state index contributed by atoms with van der Waals surface area (Å²) in [6, 6.07) is 0. The van der Waals surface area contributed by atoms with Crippen LogP contribution in [-0.4, -0.2) is 79.2 Å². The number of ether oxygens (including phenoxy) is 2. The normalized spacial score (nSPS) is 11.6. The Bertz CT molecular complexity index is 825. The summed E-state index contributed by atoms with van der Waals surface area (Å²) < 4.78 is 11.3. The highest BCUT2D eigenvalue weighted by Gasteiger charge is 2.15. The second-order valence-corrected chi connectivity index (χ2v) is 15.8. The molecule has 0 unspecified atom stereocenters. The van der Waals surface area contributed by atoms with Gasteiger partial charge in [-0.2, -0.15) is 0 Å². The van der Waals surface area contributed by atoms with E-state index in [9.17, 15) is 14.4 Å². The Balaban J connectivity index is 4.30. The number of hydrogen-bond donors (Lipinski definition) is 0. The van der Waals surface area contributed by atoms with E-state index in [0.717, 1.165) is 122 Å². The summed E-state index contributed by atoms with van der Waals surface area (Å²) in [5.74, 6) is 0.683. The van der Waals surface area contributed by atoms with Gasteiger partial charge in [-0.05, 0) is 78.3 Å². The van der Waals surface area contributed by atoms with Gasteiger partial charge in [0.2, 0.25) is 0 Å². The minimum atomic E-state index is -0.105. The molecular weight excluding hydrogens is 657 g/mol. The van der Waals surface area contributed by atoms with Crippen LogP contribution in [0.1, 0.15) is 194 Å². The van der Waals surface area contributed by atoms with Gasteiger partial charge in [0, 0.05) is 38.2 Å². The first kappa shape index (κ1) is 49.5. The number of carbonyl (C=O) groups excluding carboxylic acids is 3. The highest BCUT2D eigenvalue weighted by atomic mass is 32.2. The number of esters is 2. The van der Waals surface area contributed by atoms with E-state index >= 15 is 0 Å². The fourth-order valence-corrected chi connectivity index (χ4v) is 7.09. The molecule has 8 heteroatoms. The minimum Gasteiger partial charge on any atom is -0.462 e. The maximum atomic E-state index is 13.0. The van der Waals surface area contributed by atoms with E-state index in [1.165, 1.54) is 76.0 Å². The Labute approximate surface area is 320 Å². The van der Waals surface area contributed by atoms with Crippen LogP contribution in [-0.2, 0) is 19.1 Å². The monoisotopic (exact) mass is 739 g/mol. The van der Waals surface area contributed by atoms with E-state index in [1.54, 1.807) is 0 Å². The summed E-state index contributed by atoms with van der Waals surface area (Å²) in [5.41, 5.74) is 0. The molecule has 0 aliphatic rings. The van der Waals surface area contributed by atoms with Gasteiger partial charge in [-0.15, -0.1) is 0 Å². The molecule has 0 heterocycles. The molecule has 1 amide bonds. The Morgan fingerprint density at radius 1 is 0.569 bits per heavy atom. The van der Waals surface area contributed by atoms with Crippen molar-refractivity contribution >= 4 is 28.9 Å². The molecule has 0 saturated carbocycles. The average Bonchev–Trinajstić information content (AvgIpc) is 3.10. The lowest BCUT2D eigenvalue weighted by Crippen LogP contribution is -2.30. The quantitative estimate of drug-likeness (QED) is 0.0357. The molecule has 7 nitrogen and oxygen atoms in total. The van der Waals surface area contributed by atoms with E-state index in [0.29, 0.717) is 19.4 Å². The molecule has 0 bridgehead atoms. The molecular formula is C43H82N2O5S. The minimum absolute atomic E-state index is 0.0198. The predicted molar refractivity (Wildman–Crippen MR) is 220 cm³/mol. The van der Waals surface area contributed by atoms with Gasteiger partial charge in [-0.25, -0.2) is 0 Å². The Morgan fingerprint density at radius 3 is 1.61 bits per heavy atom. The maximum absolute atomic E-state index is 13.0. The molecule has 0 atom stereocenters. The van der Waals surface area contributed by atoms with Crippen molar-refractivity contribution in [1.29, 1.82) is 0 Å². The number of nitrogens with zero attached hydrogens (tertiary/aromatic N) is 2. The fraction of sp³-hybridized carbons (Fsp3) is 0.884. The smallest absolute Gasteiger partial charge is 0.306 e. The third-order valence-corrected chi connectivity index (χ3v) is 10.3. The summed E-state index contributed by atoms with van der Waals surface area (Å²) in [6.45, 7) is 9.55. The van der Waals surface area contributed by atoms with E-state index in [4.69, 9.17) is 9.47 Å². The number of rotatable bonds is 37. The molecule has 51 heavy (non-hydrogen) atoms. The van der Waals surface area contributed by atoms with E-state index in [1.807, 2.05) is 25.1 Å². The average molecular weight is 739 g/mol. The zero-order chi connectivity index (χ0) is 37.6. The second-order valence-electron chi connectivity index (χ2n) is 14.8. The summed E-state index contributed by atoms with van der Waals surface area (Å²) in [4.78, 5) is 41.8. The maximum Gasteiger partial charge on any atom is 0.306 e. The molecule has 0 aromatic carbocycles. The third kappa shape index (κ3) is 35.3. The van der Waals surface area contributed by atoms with Gasteiger partial charge in [0.05, 0.1) is 0 Å². The summed E-state index contributed by atoms with van der Waals surface area (Å²) >= 11 is 1.43. The van der Waals surface area contributed by atoms with Crippen molar-refractivity contribution in [2.75, 3.05) is 46.1 Å². The van der Waals surface area contributed by atoms with Crippen molar-refractivity contribution < 1.29 is 23.9 Å². The van der Waals surface area contributed by atoms with Crippen LogP contribution < -0.4 is 0 Å². The predicted octanol–water partition coefficient (Wildman–Crippen LogP) is 12.3. The van der Waals surface area contributed by atoms with E-state index in [-0.39, 0.29) is 23.3 Å². The van der Waals surface area contributed by atoms with Gasteiger partial charge in [0.15, 0.2) is 0 Å². The molecule has 0 aliphatic heterocycles. The first-order chi connectivity index (χ1) is 24.8. The van der Waals surface area contributed by atoms with Crippen molar-refractivity contribution in [3.05, 3.63) is 12.2 Å². The third-order valence-electron chi connectivity index (χ3n) is 9.43. The zero-order valence-corrected chi connectivity index (χ0v) is 35.0. The molecule has 0 aromatic rings. The number of unbranched alkanes of at least 4 members (excludes halogenated alkanes) is 18. The van der Waals surface area contributed by atoms with Crippen molar-refractivity contribution in [2.45, 2.75) is 200 Å². The van der Waals surface area contributed by atoms with Crippen LogP contribution in [0.3, 0.4) is 0 Å². The van der Waals surface area contributed by atoms with Crippen LogP contribution in [0.15, 0.2) is 12.2 Å². The van der Waals surface area contributed by atoms with Gasteiger partial charge < -0.3 is 19.3 Å². The van der Waals surface area contributed by atoms with Crippen LogP contribution in [0.5, 0.6) is 0 Å². The number of carbonyl (C=O) groups is 3. The summed E-state index contributed by atoms with van der Waals surface area (Å²) in [6.07, 6.45) is 33.1. The topological polar surface area (TPSA) is 76.1 Å². The Kier molecular flexibility index (Phi) is 37.0. The molecule has 300 valence electrons. The molecule has 0 fully saturated rings. The highest BCUT2D eigenvalue weighted by molar-refractivity contribution is 8.13. The van der Waals surface area contributed by atoms with Crippen LogP contribution >= 0.6 is 11.8 Å². The van der Waals surface area contributed by atoms with Gasteiger partial charge in [0.1, 0.15) is 12.7 Å². The molecule has 0 saturated heterocycles. The lowest BCUT2D eigenvalue weighted by atomic mass is 10.0. The van der Waals surface area contributed by atoms with Gasteiger partial charge in [-0.3, -0.25) is 14.4 Å². The standard InChI is InChI=1S/C43H82N2O5S/c1-6-9-12-15-16-23-30-38-49-41(46)33-26-19-17-21-28-35-45(43(48)51-39-37-44(4)5)36-29-22-18-20-27-34-42(47)50-40(31-24-13-10-7-2)32-25-14-11-8-3/h23,30,40H,6-22,24-29,31-39H2,1-5H3/b30-23-. The molecule has 0 radical (unpaired) electrons. The molecule has 0 rings (SSSR count). The fourth-order valence-electron chi connectivity index (χ4n) is 6.10. The van der Waals surface area contributed by atoms with E-state index in [2.05, 4.69) is 31.7 Å². The SMILES string of the molecule is CCCCCC/C=C\COC(=O)CCCCCCCN(CCCCCCCC(=O)OC(CCCCCC)CCCCCC)C(=O)SCCN(C)C. The number of allylic oxidation sites excluding steroid dienone is 1. The zero-order valence-electron chi connectivity index (χ0n) is 34.2. The first-order valence-electron chi connectivity index (χ1n) is 21.4. The summed E-state index contributed by atoms with van der Waals surface area (Å²) in [7, 11) is 4.08. The largest absolute Gasteiger partial charge is 0.462 e. The van der Waals surface area contributed by atoms with Crippen molar-refractivity contribution in [2.24, 2.45) is 0 Å².